The topological polar surface area (TPSA) is 84.2 Å². The summed E-state index contributed by atoms with van der Waals surface area (Å²) in [5.74, 6) is -0.414. The molecular formula is C16H13N3O3. The van der Waals surface area contributed by atoms with Gasteiger partial charge in [0.05, 0.1) is 5.52 Å². The van der Waals surface area contributed by atoms with Crippen molar-refractivity contribution in [2.24, 2.45) is 0 Å². The van der Waals surface area contributed by atoms with E-state index in [1.54, 1.807) is 25.1 Å². The van der Waals surface area contributed by atoms with Crippen LogP contribution >= 0.6 is 0 Å². The normalized spacial score (nSPS) is 10.6. The number of rotatable bonds is 2. The van der Waals surface area contributed by atoms with E-state index in [2.05, 4.69) is 10.4 Å². The van der Waals surface area contributed by atoms with Gasteiger partial charge in [-0.15, -0.1) is 0 Å². The molecule has 1 aromatic carbocycles. The van der Waals surface area contributed by atoms with Crippen molar-refractivity contribution in [1.82, 2.24) is 9.66 Å². The Hall–Kier alpha value is -3.15. The molecule has 110 valence electrons. The number of pyridine rings is 2. The molecule has 0 radical (unpaired) electrons. The molecule has 6 nitrogen and oxygen atoms in total. The molecule has 0 saturated heterocycles. The maximum absolute atomic E-state index is 12.2. The molecule has 0 fully saturated rings. The molecule has 22 heavy (non-hydrogen) atoms. The smallest absolute Gasteiger partial charge is 0.270 e. The number of aromatic hydroxyl groups is 1. The molecule has 3 rings (SSSR count). The fourth-order valence-electron chi connectivity index (χ4n) is 2.27. The van der Waals surface area contributed by atoms with Crippen molar-refractivity contribution in [3.05, 3.63) is 70.3 Å². The number of hydrogen-bond donors (Lipinski definition) is 2. The Bertz CT molecular complexity index is 917. The first-order valence-corrected chi connectivity index (χ1v) is 6.63. The number of carbonyl (C=O) groups excluding carboxylic acids is 1. The molecule has 0 aliphatic heterocycles. The van der Waals surface area contributed by atoms with Crippen LogP contribution in [0.3, 0.4) is 0 Å². The van der Waals surface area contributed by atoms with Crippen LogP contribution in [0.15, 0.2) is 53.6 Å². The highest BCUT2D eigenvalue weighted by Gasteiger charge is 2.11. The van der Waals surface area contributed by atoms with Gasteiger partial charge in [-0.1, -0.05) is 0 Å². The predicted octanol–water partition coefficient (Wildman–Crippen LogP) is 1.79. The van der Waals surface area contributed by atoms with Gasteiger partial charge in [-0.25, -0.2) is 4.68 Å². The van der Waals surface area contributed by atoms with Crippen LogP contribution in [0.25, 0.3) is 10.9 Å². The van der Waals surface area contributed by atoms with Crippen molar-refractivity contribution < 1.29 is 9.90 Å². The van der Waals surface area contributed by atoms with E-state index in [1.807, 2.05) is 0 Å². The second-order valence-electron chi connectivity index (χ2n) is 4.88. The molecule has 0 saturated carbocycles. The zero-order chi connectivity index (χ0) is 15.7. The molecule has 6 heteroatoms. The van der Waals surface area contributed by atoms with E-state index in [9.17, 15) is 14.7 Å². The highest BCUT2D eigenvalue weighted by molar-refractivity contribution is 6.00. The minimum Gasteiger partial charge on any atom is -0.508 e. The molecule has 0 spiro atoms. The van der Waals surface area contributed by atoms with Gasteiger partial charge in [0, 0.05) is 35.5 Å². The third-order valence-electron chi connectivity index (χ3n) is 3.36. The first-order chi connectivity index (χ1) is 10.6. The Kier molecular flexibility index (Phi) is 3.34. The second kappa shape index (κ2) is 5.33. The molecule has 1 amide bonds. The lowest BCUT2D eigenvalue weighted by Gasteiger charge is -2.13. The van der Waals surface area contributed by atoms with Crippen molar-refractivity contribution in [3.8, 4) is 5.75 Å². The molecule has 2 N–H and O–H groups in total. The predicted molar refractivity (Wildman–Crippen MR) is 82.5 cm³/mol. The van der Waals surface area contributed by atoms with Gasteiger partial charge >= 0.3 is 0 Å². The maximum atomic E-state index is 12.2. The lowest BCUT2D eigenvalue weighted by atomic mass is 10.1. The lowest BCUT2D eigenvalue weighted by Crippen LogP contribution is -2.33. The average molecular weight is 295 g/mol. The second-order valence-corrected chi connectivity index (χ2v) is 4.88. The van der Waals surface area contributed by atoms with Crippen LogP contribution in [0.1, 0.15) is 15.9 Å². The first kappa shape index (κ1) is 13.8. The van der Waals surface area contributed by atoms with Crippen molar-refractivity contribution in [3.63, 3.8) is 0 Å². The van der Waals surface area contributed by atoms with Gasteiger partial charge in [-0.3, -0.25) is 20.0 Å². The molecular weight excluding hydrogens is 282 g/mol. The molecule has 3 aromatic rings. The highest BCUT2D eigenvalue weighted by Crippen LogP contribution is 2.20. The van der Waals surface area contributed by atoms with Gasteiger partial charge in [0.25, 0.3) is 11.5 Å². The van der Waals surface area contributed by atoms with Crippen molar-refractivity contribution in [2.75, 3.05) is 5.43 Å². The Morgan fingerprint density at radius 3 is 2.64 bits per heavy atom. The standard InChI is InChI=1S/C16H13N3O3/c1-10-8-15(21)19(14-9-12(20)2-3-13(10)14)18-16(22)11-4-6-17-7-5-11/h2-9,20H,1H3,(H,18,22). The quantitative estimate of drug-likeness (QED) is 0.755. The number of carbonyl (C=O) groups is 1. The van der Waals surface area contributed by atoms with Crippen molar-refractivity contribution in [1.29, 1.82) is 0 Å². The van der Waals surface area contributed by atoms with Crippen LogP contribution in [0.5, 0.6) is 5.75 Å². The van der Waals surface area contributed by atoms with E-state index in [0.717, 1.165) is 15.6 Å². The van der Waals surface area contributed by atoms with Crippen LogP contribution in [0.4, 0.5) is 0 Å². The minimum absolute atomic E-state index is 0.0180. The summed E-state index contributed by atoms with van der Waals surface area (Å²) in [5.41, 5.74) is 3.77. The maximum Gasteiger partial charge on any atom is 0.270 e. The Balaban J connectivity index is 2.13. The zero-order valence-corrected chi connectivity index (χ0v) is 11.8. The number of amides is 1. The number of aromatic nitrogens is 2. The molecule has 0 aliphatic carbocycles. The summed E-state index contributed by atoms with van der Waals surface area (Å²) in [6, 6.07) is 9.22. The van der Waals surface area contributed by atoms with Gasteiger partial charge in [-0.2, -0.15) is 0 Å². The van der Waals surface area contributed by atoms with Crippen LogP contribution in [0, 0.1) is 6.92 Å². The zero-order valence-electron chi connectivity index (χ0n) is 11.8. The molecule has 0 atom stereocenters. The van der Waals surface area contributed by atoms with E-state index in [0.29, 0.717) is 11.1 Å². The van der Waals surface area contributed by atoms with Gasteiger partial charge in [0.2, 0.25) is 0 Å². The number of nitrogens with one attached hydrogen (secondary N) is 1. The summed E-state index contributed by atoms with van der Waals surface area (Å²) in [5, 5.41) is 10.4. The van der Waals surface area contributed by atoms with E-state index in [-0.39, 0.29) is 11.3 Å². The third kappa shape index (κ3) is 2.42. The summed E-state index contributed by atoms with van der Waals surface area (Å²) in [4.78, 5) is 28.2. The van der Waals surface area contributed by atoms with Gasteiger partial charge < -0.3 is 5.11 Å². The van der Waals surface area contributed by atoms with E-state index in [4.69, 9.17) is 0 Å². The highest BCUT2D eigenvalue weighted by atomic mass is 16.3. The number of aryl methyl sites for hydroxylation is 1. The van der Waals surface area contributed by atoms with Gasteiger partial charge in [-0.05, 0) is 36.8 Å². The third-order valence-corrected chi connectivity index (χ3v) is 3.36. The van der Waals surface area contributed by atoms with Crippen LogP contribution in [-0.4, -0.2) is 20.7 Å². The average Bonchev–Trinajstić information content (AvgIpc) is 2.51. The monoisotopic (exact) mass is 295 g/mol. The fraction of sp³-hybridized carbons (Fsp3) is 0.0625. The van der Waals surface area contributed by atoms with Crippen molar-refractivity contribution >= 4 is 16.8 Å². The Labute approximate surface area is 125 Å². The fourth-order valence-corrected chi connectivity index (χ4v) is 2.27. The molecule has 2 heterocycles. The Morgan fingerprint density at radius 1 is 1.18 bits per heavy atom. The van der Waals surface area contributed by atoms with Gasteiger partial charge in [0.1, 0.15) is 5.75 Å². The molecule has 2 aromatic heterocycles. The van der Waals surface area contributed by atoms with Gasteiger partial charge in [0.15, 0.2) is 0 Å². The van der Waals surface area contributed by atoms with Crippen LogP contribution in [0.2, 0.25) is 0 Å². The number of nitrogens with zero attached hydrogens (tertiary/aromatic N) is 2. The largest absolute Gasteiger partial charge is 0.508 e. The summed E-state index contributed by atoms with van der Waals surface area (Å²) >= 11 is 0. The summed E-state index contributed by atoms with van der Waals surface area (Å²) in [6.45, 7) is 1.80. The van der Waals surface area contributed by atoms with Crippen LogP contribution in [-0.2, 0) is 0 Å². The number of benzene rings is 1. The minimum atomic E-state index is -0.432. The number of phenolic OH excluding ortho intramolecular Hbond substituents is 1. The number of fused-ring (bicyclic) bond motifs is 1. The summed E-state index contributed by atoms with van der Waals surface area (Å²) in [6.07, 6.45) is 2.99. The number of phenols is 1. The van der Waals surface area contributed by atoms with E-state index in [1.165, 1.54) is 30.6 Å². The number of hydrogen-bond acceptors (Lipinski definition) is 4. The van der Waals surface area contributed by atoms with E-state index >= 15 is 0 Å². The summed E-state index contributed by atoms with van der Waals surface area (Å²) < 4.78 is 1.13. The van der Waals surface area contributed by atoms with Crippen LogP contribution < -0.4 is 11.0 Å². The lowest BCUT2D eigenvalue weighted by molar-refractivity contribution is 0.101. The van der Waals surface area contributed by atoms with Crippen molar-refractivity contribution in [2.45, 2.75) is 6.92 Å². The molecule has 0 bridgehead atoms. The first-order valence-electron chi connectivity index (χ1n) is 6.63. The van der Waals surface area contributed by atoms with E-state index < -0.39 is 5.91 Å². The Morgan fingerprint density at radius 2 is 1.91 bits per heavy atom. The SMILES string of the molecule is Cc1cc(=O)n(NC(=O)c2ccncc2)c2cc(O)ccc12. The summed E-state index contributed by atoms with van der Waals surface area (Å²) in [7, 11) is 0. The molecule has 0 aliphatic rings. The molecule has 0 unspecified atom stereocenters.